The Kier molecular flexibility index (Phi) is 4.00. The molecular weight excluding hydrogens is 240 g/mol. The van der Waals surface area contributed by atoms with Gasteiger partial charge in [-0.15, -0.1) is 0 Å². The molecule has 1 amide bonds. The molecule has 1 heterocycles. The van der Waals surface area contributed by atoms with E-state index in [9.17, 15) is 9.59 Å². The molecule has 0 radical (unpaired) electrons. The Bertz CT molecular complexity index is 614. The first-order valence-corrected chi connectivity index (χ1v) is 6.57. The first kappa shape index (κ1) is 13.3. The summed E-state index contributed by atoms with van der Waals surface area (Å²) in [6.45, 7) is 3.00. The quantitative estimate of drug-likeness (QED) is 0.491. The summed E-state index contributed by atoms with van der Waals surface area (Å²) in [5.41, 5.74) is 6.47. The van der Waals surface area contributed by atoms with Crippen LogP contribution in [-0.2, 0) is 11.3 Å². The van der Waals surface area contributed by atoms with Crippen molar-refractivity contribution in [2.45, 2.75) is 32.7 Å². The fraction of sp³-hybridized carbons (Fsp3) is 0.333. The van der Waals surface area contributed by atoms with Crippen LogP contribution in [0.25, 0.3) is 10.9 Å². The number of rotatable bonds is 6. The minimum atomic E-state index is -0.906. The third-order valence-electron chi connectivity index (χ3n) is 3.26. The monoisotopic (exact) mass is 258 g/mol. The standard InChI is InChI=1S/C15H18N2O2/c1-2-3-6-9-17-10-12(14(18)15(16)19)11-7-4-5-8-13(11)17/h4-5,7-8,10H,2-3,6,9H2,1H3,(H2,16,19). The number of hydrogen-bond donors (Lipinski definition) is 1. The smallest absolute Gasteiger partial charge is 0.289 e. The predicted molar refractivity (Wildman–Crippen MR) is 75.0 cm³/mol. The number of fused-ring (bicyclic) bond motifs is 1. The maximum atomic E-state index is 11.8. The van der Waals surface area contributed by atoms with Crippen LogP contribution in [-0.4, -0.2) is 16.3 Å². The SMILES string of the molecule is CCCCCn1cc(C(=O)C(N)=O)c2ccccc21. The Morgan fingerprint density at radius 2 is 1.95 bits per heavy atom. The van der Waals surface area contributed by atoms with Gasteiger partial charge in [-0.05, 0) is 12.5 Å². The number of para-hydroxylation sites is 1. The van der Waals surface area contributed by atoms with Gasteiger partial charge in [0.05, 0.1) is 5.56 Å². The summed E-state index contributed by atoms with van der Waals surface area (Å²) in [5.74, 6) is -1.53. The number of Topliss-reactive ketones (excluding diaryl/α,β-unsaturated/α-hetero) is 1. The molecule has 0 unspecified atom stereocenters. The zero-order valence-electron chi connectivity index (χ0n) is 11.1. The number of nitrogens with zero attached hydrogens (tertiary/aromatic N) is 1. The summed E-state index contributed by atoms with van der Waals surface area (Å²) < 4.78 is 2.03. The fourth-order valence-electron chi connectivity index (χ4n) is 2.28. The number of hydrogen-bond acceptors (Lipinski definition) is 2. The molecule has 0 saturated heterocycles. The van der Waals surface area contributed by atoms with Gasteiger partial charge in [0.1, 0.15) is 0 Å². The molecule has 2 rings (SSSR count). The number of ketones is 1. The summed E-state index contributed by atoms with van der Waals surface area (Å²) in [6, 6.07) is 7.59. The number of primary amides is 1. The maximum Gasteiger partial charge on any atom is 0.289 e. The normalized spacial score (nSPS) is 10.8. The highest BCUT2D eigenvalue weighted by atomic mass is 16.2. The summed E-state index contributed by atoms with van der Waals surface area (Å²) in [4.78, 5) is 22.9. The molecule has 100 valence electrons. The Hall–Kier alpha value is -2.10. The van der Waals surface area contributed by atoms with Gasteiger partial charge in [0.2, 0.25) is 0 Å². The van der Waals surface area contributed by atoms with E-state index < -0.39 is 11.7 Å². The second-order valence-electron chi connectivity index (χ2n) is 4.65. The van der Waals surface area contributed by atoms with Crippen molar-refractivity contribution in [1.82, 2.24) is 4.57 Å². The highest BCUT2D eigenvalue weighted by Crippen LogP contribution is 2.22. The lowest BCUT2D eigenvalue weighted by Gasteiger charge is -2.03. The zero-order chi connectivity index (χ0) is 13.8. The zero-order valence-corrected chi connectivity index (χ0v) is 11.1. The number of nitrogens with two attached hydrogens (primary N) is 1. The molecule has 0 fully saturated rings. The highest BCUT2D eigenvalue weighted by molar-refractivity contribution is 6.44. The van der Waals surface area contributed by atoms with Gasteiger partial charge in [-0.1, -0.05) is 38.0 Å². The van der Waals surface area contributed by atoms with Crippen LogP contribution in [0.5, 0.6) is 0 Å². The minimum absolute atomic E-state index is 0.402. The second-order valence-corrected chi connectivity index (χ2v) is 4.65. The van der Waals surface area contributed by atoms with E-state index in [0.29, 0.717) is 5.56 Å². The molecule has 0 saturated carbocycles. The Morgan fingerprint density at radius 1 is 1.21 bits per heavy atom. The molecule has 1 aromatic heterocycles. The summed E-state index contributed by atoms with van der Waals surface area (Å²) in [5, 5.41) is 0.794. The molecule has 0 aliphatic rings. The highest BCUT2D eigenvalue weighted by Gasteiger charge is 2.18. The molecule has 0 bridgehead atoms. The molecule has 2 N–H and O–H groups in total. The van der Waals surface area contributed by atoms with Gasteiger partial charge >= 0.3 is 0 Å². The number of aryl methyl sites for hydroxylation is 1. The van der Waals surface area contributed by atoms with Crippen LogP contribution in [0.4, 0.5) is 0 Å². The summed E-state index contributed by atoms with van der Waals surface area (Å²) >= 11 is 0. The molecule has 1 aromatic carbocycles. The second kappa shape index (κ2) is 5.69. The van der Waals surface area contributed by atoms with Crippen molar-refractivity contribution >= 4 is 22.6 Å². The van der Waals surface area contributed by atoms with Crippen LogP contribution in [0, 0.1) is 0 Å². The van der Waals surface area contributed by atoms with E-state index >= 15 is 0 Å². The largest absolute Gasteiger partial charge is 0.363 e. The first-order valence-electron chi connectivity index (χ1n) is 6.57. The third kappa shape index (κ3) is 2.67. The Balaban J connectivity index is 2.42. The van der Waals surface area contributed by atoms with Gasteiger partial charge in [-0.2, -0.15) is 0 Å². The van der Waals surface area contributed by atoms with E-state index in [-0.39, 0.29) is 0 Å². The van der Waals surface area contributed by atoms with Crippen molar-refractivity contribution in [3.05, 3.63) is 36.0 Å². The van der Waals surface area contributed by atoms with E-state index in [1.165, 1.54) is 0 Å². The van der Waals surface area contributed by atoms with Gasteiger partial charge in [0, 0.05) is 23.6 Å². The van der Waals surface area contributed by atoms with E-state index in [1.807, 2.05) is 28.8 Å². The molecule has 0 atom stereocenters. The van der Waals surface area contributed by atoms with Crippen molar-refractivity contribution in [3.8, 4) is 0 Å². The van der Waals surface area contributed by atoms with Gasteiger partial charge < -0.3 is 10.3 Å². The van der Waals surface area contributed by atoms with Crippen LogP contribution < -0.4 is 5.73 Å². The summed E-state index contributed by atoms with van der Waals surface area (Å²) in [7, 11) is 0. The van der Waals surface area contributed by atoms with E-state index in [1.54, 1.807) is 6.20 Å². The van der Waals surface area contributed by atoms with Crippen molar-refractivity contribution in [1.29, 1.82) is 0 Å². The van der Waals surface area contributed by atoms with Crippen molar-refractivity contribution in [2.24, 2.45) is 5.73 Å². The van der Waals surface area contributed by atoms with Crippen molar-refractivity contribution < 1.29 is 9.59 Å². The summed E-state index contributed by atoms with van der Waals surface area (Å²) in [6.07, 6.45) is 5.09. The molecule has 0 aliphatic carbocycles. The number of aromatic nitrogens is 1. The number of carbonyl (C=O) groups is 2. The lowest BCUT2D eigenvalue weighted by molar-refractivity contribution is -0.114. The van der Waals surface area contributed by atoms with E-state index in [4.69, 9.17) is 5.73 Å². The number of benzene rings is 1. The van der Waals surface area contributed by atoms with Gasteiger partial charge in [0.15, 0.2) is 0 Å². The number of carbonyl (C=O) groups excluding carboxylic acids is 2. The van der Waals surface area contributed by atoms with Crippen molar-refractivity contribution in [3.63, 3.8) is 0 Å². The molecular formula is C15H18N2O2. The van der Waals surface area contributed by atoms with E-state index in [0.717, 1.165) is 36.7 Å². The predicted octanol–water partition coefficient (Wildman–Crippen LogP) is 2.50. The fourth-order valence-corrected chi connectivity index (χ4v) is 2.28. The molecule has 2 aromatic rings. The minimum Gasteiger partial charge on any atom is -0.363 e. The molecule has 0 spiro atoms. The lowest BCUT2D eigenvalue weighted by Crippen LogP contribution is -2.22. The van der Waals surface area contributed by atoms with Crippen LogP contribution in [0.2, 0.25) is 0 Å². The van der Waals surface area contributed by atoms with Crippen LogP contribution in [0.1, 0.15) is 36.5 Å². The molecule has 4 nitrogen and oxygen atoms in total. The Morgan fingerprint density at radius 3 is 2.63 bits per heavy atom. The van der Waals surface area contributed by atoms with Crippen LogP contribution in [0.15, 0.2) is 30.5 Å². The van der Waals surface area contributed by atoms with Gasteiger partial charge in [-0.3, -0.25) is 9.59 Å². The van der Waals surface area contributed by atoms with E-state index in [2.05, 4.69) is 6.92 Å². The lowest BCUT2D eigenvalue weighted by atomic mass is 10.1. The van der Waals surface area contributed by atoms with Crippen LogP contribution >= 0.6 is 0 Å². The topological polar surface area (TPSA) is 65.1 Å². The molecule has 19 heavy (non-hydrogen) atoms. The average Bonchev–Trinajstić information content (AvgIpc) is 2.77. The maximum absolute atomic E-state index is 11.8. The van der Waals surface area contributed by atoms with Crippen molar-refractivity contribution in [2.75, 3.05) is 0 Å². The Labute approximate surface area is 112 Å². The number of amides is 1. The first-order chi connectivity index (χ1) is 9.15. The average molecular weight is 258 g/mol. The van der Waals surface area contributed by atoms with Gasteiger partial charge in [-0.25, -0.2) is 0 Å². The molecule has 0 aliphatic heterocycles. The molecule has 4 heteroatoms. The van der Waals surface area contributed by atoms with Gasteiger partial charge in [0.25, 0.3) is 11.7 Å². The van der Waals surface area contributed by atoms with Crippen LogP contribution in [0.3, 0.4) is 0 Å². The number of unbranched alkanes of at least 4 members (excludes halogenated alkanes) is 2. The third-order valence-corrected chi connectivity index (χ3v) is 3.26.